The predicted octanol–water partition coefficient (Wildman–Crippen LogP) is 18.6. The molecule has 0 fully saturated rings. The standard InChI is InChI=1S/C70H76BN2S/c1-40-34-49-53(69(12,13)33-30-65(49,4)5)39-56(40)73-55-27-26-48-59(43-21-16-18-22-46(43)70(48,14)15)61(55)71-62-57(73)37-44-42-20-17-19-23-58(42)74-63(44)60(62)45-36-51-52(68(10,11)32-31-67(51,8)9)38-54(45)72-41-24-25-47-50(35-41)66(6,7)29-28-64(47,2)3/h16-27,34-39,72H,28-33H2,1-15H3. The number of benzene rings is 7. The van der Waals surface area contributed by atoms with E-state index in [0.29, 0.717) is 0 Å². The normalized spacial score (nSPS) is 20.3. The van der Waals surface area contributed by atoms with Gasteiger partial charge in [0.25, 0.3) is 0 Å². The SMILES string of the molecule is Cc1cc2c(cc1N1c3ccc4c(c3[B]c3c1cc1c(sc5ccccc51)c3-c1cc3c(cc1Nc1ccc5c(c1)C(C)(C)CCC5(C)C)C(C)(C)CCC3(C)C)-c1ccccc1C4(C)C)C(C)(C)CCC2(C)C. The lowest BCUT2D eigenvalue weighted by Gasteiger charge is -2.44. The Morgan fingerprint density at radius 1 is 0.432 bits per heavy atom. The lowest BCUT2D eigenvalue weighted by molar-refractivity contribution is 0.332. The van der Waals surface area contributed by atoms with E-state index < -0.39 is 0 Å². The molecule has 1 N–H and O–H groups in total. The van der Waals surface area contributed by atoms with Crippen molar-refractivity contribution in [2.45, 2.75) is 180 Å². The van der Waals surface area contributed by atoms with E-state index in [0.717, 1.165) is 12.8 Å². The van der Waals surface area contributed by atoms with Crippen LogP contribution < -0.4 is 21.1 Å². The van der Waals surface area contributed by atoms with Crippen LogP contribution in [0.2, 0.25) is 0 Å². The Hall–Kier alpha value is -5.58. The van der Waals surface area contributed by atoms with Gasteiger partial charge in [-0.25, -0.2) is 0 Å². The van der Waals surface area contributed by atoms with Crippen LogP contribution in [0.5, 0.6) is 0 Å². The Kier molecular flexibility index (Phi) is 10.1. The Morgan fingerprint density at radius 3 is 1.65 bits per heavy atom. The predicted molar refractivity (Wildman–Crippen MR) is 322 cm³/mol. The van der Waals surface area contributed by atoms with Crippen LogP contribution in [0.1, 0.15) is 186 Å². The number of nitrogens with zero attached hydrogens (tertiary/aromatic N) is 1. The van der Waals surface area contributed by atoms with E-state index in [-0.39, 0.29) is 37.9 Å². The molecule has 0 saturated heterocycles. The van der Waals surface area contributed by atoms with Crippen molar-refractivity contribution in [1.82, 2.24) is 0 Å². The number of thiophene rings is 1. The molecule has 4 heteroatoms. The van der Waals surface area contributed by atoms with Gasteiger partial charge in [-0.3, -0.25) is 0 Å². The van der Waals surface area contributed by atoms with E-state index in [1.165, 1.54) is 158 Å². The molecule has 1 aliphatic heterocycles. The maximum atomic E-state index is 4.27. The number of nitrogens with one attached hydrogen (secondary N) is 1. The molecule has 74 heavy (non-hydrogen) atoms. The van der Waals surface area contributed by atoms with Crippen LogP contribution in [0.4, 0.5) is 28.4 Å². The van der Waals surface area contributed by atoms with Gasteiger partial charge in [-0.1, -0.05) is 158 Å². The minimum absolute atomic E-state index is 0.00691. The highest BCUT2D eigenvalue weighted by Gasteiger charge is 2.44. The van der Waals surface area contributed by atoms with Crippen LogP contribution in [0.3, 0.4) is 0 Å². The van der Waals surface area contributed by atoms with Gasteiger partial charge in [0.05, 0.1) is 0 Å². The zero-order chi connectivity index (χ0) is 52.0. The molecule has 0 atom stereocenters. The van der Waals surface area contributed by atoms with Crippen LogP contribution in [-0.2, 0) is 37.9 Å². The summed E-state index contributed by atoms with van der Waals surface area (Å²) in [5.74, 6) is 0. The number of anilines is 5. The van der Waals surface area contributed by atoms with Crippen LogP contribution in [0, 0.1) is 6.92 Å². The summed E-state index contributed by atoms with van der Waals surface area (Å²) in [6.45, 7) is 36.9. The largest absolute Gasteiger partial charge is 0.355 e. The van der Waals surface area contributed by atoms with Gasteiger partial charge in [0, 0.05) is 59.6 Å². The fourth-order valence-electron chi connectivity index (χ4n) is 14.8. The molecule has 7 aromatic carbocycles. The van der Waals surface area contributed by atoms with E-state index >= 15 is 0 Å². The molecule has 1 aromatic heterocycles. The van der Waals surface area contributed by atoms with Crippen LogP contribution in [-0.4, -0.2) is 7.28 Å². The number of hydrogen-bond acceptors (Lipinski definition) is 3. The quantitative estimate of drug-likeness (QED) is 0.177. The van der Waals surface area contributed by atoms with Gasteiger partial charge in [0.15, 0.2) is 7.28 Å². The van der Waals surface area contributed by atoms with Crippen molar-refractivity contribution in [3.05, 3.63) is 159 Å². The van der Waals surface area contributed by atoms with Crippen LogP contribution >= 0.6 is 11.3 Å². The van der Waals surface area contributed by atoms with Crippen molar-refractivity contribution >= 4 is 78.2 Å². The Labute approximate surface area is 447 Å². The fourth-order valence-corrected chi connectivity index (χ4v) is 16.1. The summed E-state index contributed by atoms with van der Waals surface area (Å²) >= 11 is 1.97. The van der Waals surface area contributed by atoms with Gasteiger partial charge in [-0.15, -0.1) is 11.3 Å². The second kappa shape index (κ2) is 15.5. The molecule has 0 bridgehead atoms. The molecule has 1 radical (unpaired) electrons. The third kappa shape index (κ3) is 6.87. The molecule has 2 heterocycles. The third-order valence-electron chi connectivity index (χ3n) is 20.0. The van der Waals surface area contributed by atoms with Crippen LogP contribution in [0.25, 0.3) is 42.4 Å². The Balaban J connectivity index is 1.16. The van der Waals surface area contributed by atoms with Crippen LogP contribution in [0.15, 0.2) is 109 Å². The first kappa shape index (κ1) is 48.1. The van der Waals surface area contributed by atoms with Gasteiger partial charge in [0.1, 0.15) is 0 Å². The fraction of sp³-hybridized carbons (Fsp3) is 0.400. The topological polar surface area (TPSA) is 15.3 Å². The average Bonchev–Trinajstić information content (AvgIpc) is 3.86. The van der Waals surface area contributed by atoms with Gasteiger partial charge >= 0.3 is 0 Å². The number of hydrogen-bond donors (Lipinski definition) is 1. The number of fused-ring (bicyclic) bond motifs is 12. The molecule has 4 aliphatic carbocycles. The lowest BCUT2D eigenvalue weighted by Crippen LogP contribution is -2.43. The Morgan fingerprint density at radius 2 is 0.973 bits per heavy atom. The molecule has 375 valence electrons. The second-order valence-electron chi connectivity index (χ2n) is 28.0. The third-order valence-corrected chi connectivity index (χ3v) is 21.2. The van der Waals surface area contributed by atoms with E-state index in [1.54, 1.807) is 0 Å². The van der Waals surface area contributed by atoms with E-state index in [9.17, 15) is 0 Å². The molecule has 2 nitrogen and oxygen atoms in total. The van der Waals surface area contributed by atoms with Crippen molar-refractivity contribution in [3.63, 3.8) is 0 Å². The number of rotatable bonds is 4. The van der Waals surface area contributed by atoms with Crippen molar-refractivity contribution < 1.29 is 0 Å². The monoisotopic (exact) mass is 988 g/mol. The smallest absolute Gasteiger partial charge is 0.198 e. The summed E-state index contributed by atoms with van der Waals surface area (Å²) in [5.41, 5.74) is 27.5. The molecule has 5 aliphatic rings. The molecule has 0 spiro atoms. The first-order valence-corrected chi connectivity index (χ1v) is 28.8. The van der Waals surface area contributed by atoms with Gasteiger partial charge in [-0.2, -0.15) is 0 Å². The molecule has 13 rings (SSSR count). The highest BCUT2D eigenvalue weighted by Crippen LogP contribution is 2.56. The summed E-state index contributed by atoms with van der Waals surface area (Å²) in [4.78, 5) is 2.72. The van der Waals surface area contributed by atoms with E-state index in [2.05, 4.69) is 231 Å². The second-order valence-corrected chi connectivity index (χ2v) is 29.1. The van der Waals surface area contributed by atoms with Crippen molar-refractivity contribution in [2.24, 2.45) is 0 Å². The highest BCUT2D eigenvalue weighted by molar-refractivity contribution is 7.26. The van der Waals surface area contributed by atoms with Gasteiger partial charge < -0.3 is 10.2 Å². The minimum atomic E-state index is -0.137. The lowest BCUT2D eigenvalue weighted by atomic mass is 9.55. The first-order valence-electron chi connectivity index (χ1n) is 28.0. The van der Waals surface area contributed by atoms with Crippen molar-refractivity contribution in [2.75, 3.05) is 10.2 Å². The molecule has 0 saturated carbocycles. The van der Waals surface area contributed by atoms with Gasteiger partial charge in [0.2, 0.25) is 0 Å². The summed E-state index contributed by atoms with van der Waals surface area (Å²) in [6, 6.07) is 43.7. The van der Waals surface area contributed by atoms with E-state index in [1.807, 2.05) is 11.3 Å². The molecule has 0 unspecified atom stereocenters. The summed E-state index contributed by atoms with van der Waals surface area (Å²) < 4.78 is 2.68. The zero-order valence-electron chi connectivity index (χ0n) is 47.1. The minimum Gasteiger partial charge on any atom is -0.355 e. The van der Waals surface area contributed by atoms with Gasteiger partial charge in [-0.05, 0) is 204 Å². The first-order chi connectivity index (χ1) is 34.8. The molecular weight excluding hydrogens is 912 g/mol. The molecular formula is C70H76BN2S. The summed E-state index contributed by atoms with van der Waals surface area (Å²) in [7, 11) is 2.64. The highest BCUT2D eigenvalue weighted by atomic mass is 32.1. The van der Waals surface area contributed by atoms with E-state index in [4.69, 9.17) is 0 Å². The average molecular weight is 988 g/mol. The summed E-state index contributed by atoms with van der Waals surface area (Å²) in [5, 5.41) is 6.92. The molecule has 8 aromatic rings. The number of aryl methyl sites for hydroxylation is 1. The molecule has 0 amide bonds. The van der Waals surface area contributed by atoms with Crippen molar-refractivity contribution in [3.8, 4) is 22.3 Å². The zero-order valence-corrected chi connectivity index (χ0v) is 47.9. The Bertz CT molecular complexity index is 3740. The maximum absolute atomic E-state index is 4.27. The van der Waals surface area contributed by atoms with Crippen molar-refractivity contribution in [1.29, 1.82) is 0 Å². The maximum Gasteiger partial charge on any atom is 0.198 e. The summed E-state index contributed by atoms with van der Waals surface area (Å²) in [6.07, 6.45) is 7.05.